The van der Waals surface area contributed by atoms with Gasteiger partial charge in [-0.25, -0.2) is 4.98 Å². The minimum atomic E-state index is -0.379. The molecule has 0 saturated carbocycles. The Labute approximate surface area is 463 Å². The maximum atomic E-state index is 12.7. The quantitative estimate of drug-likeness (QED) is 0.161. The van der Waals surface area contributed by atoms with Gasteiger partial charge in [0.2, 0.25) is 0 Å². The van der Waals surface area contributed by atoms with Crippen LogP contribution in [0.2, 0.25) is 0 Å². The number of fused-ring (bicyclic) bond motifs is 6. The van der Waals surface area contributed by atoms with Crippen LogP contribution in [0, 0.1) is 6.07 Å². The topological polar surface area (TPSA) is 69.0 Å². The molecule has 8 aromatic carbocycles. The van der Waals surface area contributed by atoms with Gasteiger partial charge in [-0.3, -0.25) is 9.55 Å². The van der Waals surface area contributed by atoms with Gasteiger partial charge in [-0.1, -0.05) is 178 Å². The molecule has 0 fully saturated rings. The van der Waals surface area contributed by atoms with Gasteiger partial charge in [-0.15, -0.1) is 29.3 Å². The number of rotatable bonds is 7. The van der Waals surface area contributed by atoms with E-state index in [4.69, 9.17) is 14.4 Å². The molecule has 0 amide bonds. The molecule has 0 aliphatic carbocycles. The third-order valence-electron chi connectivity index (χ3n) is 15.0. The number of phenolic OH excluding ortho intramolecular Hbond substituents is 1. The predicted molar refractivity (Wildman–Crippen MR) is 315 cm³/mol. The molecule has 0 atom stereocenters. The molecule has 0 aliphatic rings. The van der Waals surface area contributed by atoms with Crippen LogP contribution in [0.5, 0.6) is 5.75 Å². The summed E-state index contributed by atoms with van der Waals surface area (Å²) in [6.07, 6.45) is 0. The summed E-state index contributed by atoms with van der Waals surface area (Å²) in [6, 6.07) is 58.0. The molecule has 76 heavy (non-hydrogen) atoms. The fourth-order valence-corrected chi connectivity index (χ4v) is 10.9. The second-order valence-corrected chi connectivity index (χ2v) is 25.0. The zero-order chi connectivity index (χ0) is 53.1. The van der Waals surface area contributed by atoms with Gasteiger partial charge in [-0.05, 0) is 119 Å². The summed E-state index contributed by atoms with van der Waals surface area (Å²) < 4.78 is 11.4. The summed E-state index contributed by atoms with van der Waals surface area (Å²) in [4.78, 5) is 11.3. The van der Waals surface area contributed by atoms with Crippen molar-refractivity contribution >= 4 is 44.0 Å². The first-order valence-electron chi connectivity index (χ1n) is 26.6. The normalized spacial score (nSPS) is 12.7. The molecule has 3 aromatic heterocycles. The van der Waals surface area contributed by atoms with E-state index in [2.05, 4.69) is 258 Å². The second-order valence-electron chi connectivity index (χ2n) is 25.0. The Morgan fingerprint density at radius 2 is 1.20 bits per heavy atom. The number of furan rings is 1. The van der Waals surface area contributed by atoms with Crippen LogP contribution in [0.4, 0.5) is 0 Å². The largest absolute Gasteiger partial charge is 0.507 e. The number of hydrogen-bond acceptors (Lipinski definition) is 4. The number of phenols is 1. The molecule has 0 bridgehead atoms. The van der Waals surface area contributed by atoms with Gasteiger partial charge >= 0.3 is 0 Å². The molecule has 0 unspecified atom stereocenters. The van der Waals surface area contributed by atoms with E-state index in [1.807, 2.05) is 6.07 Å². The van der Waals surface area contributed by atoms with Crippen molar-refractivity contribution in [3.63, 3.8) is 0 Å². The van der Waals surface area contributed by atoms with E-state index in [0.29, 0.717) is 11.4 Å². The van der Waals surface area contributed by atoms with Crippen LogP contribution in [-0.2, 0) is 42.8 Å². The van der Waals surface area contributed by atoms with E-state index in [-0.39, 0.29) is 54.5 Å². The van der Waals surface area contributed by atoms with Crippen molar-refractivity contribution in [1.29, 1.82) is 0 Å². The van der Waals surface area contributed by atoms with Gasteiger partial charge in [0.15, 0.2) is 0 Å². The van der Waals surface area contributed by atoms with Crippen LogP contribution in [0.15, 0.2) is 156 Å². The maximum Gasteiger partial charge on any atom is 0.148 e. The van der Waals surface area contributed by atoms with Crippen molar-refractivity contribution < 1.29 is 30.6 Å². The average molecular weight is 1180 g/mol. The van der Waals surface area contributed by atoms with Gasteiger partial charge in [0, 0.05) is 43.1 Å². The minimum Gasteiger partial charge on any atom is -0.507 e. The van der Waals surface area contributed by atoms with Crippen molar-refractivity contribution in [2.75, 3.05) is 0 Å². The molecule has 1 N–H and O–H groups in total. The average Bonchev–Trinajstić information content (AvgIpc) is 4.08. The zero-order valence-corrected chi connectivity index (χ0v) is 48.7. The Kier molecular flexibility index (Phi) is 13.1. The van der Waals surface area contributed by atoms with Gasteiger partial charge in [-0.2, -0.15) is 0 Å². The summed E-state index contributed by atoms with van der Waals surface area (Å²) >= 11 is 0. The SMILES string of the molecule is CC(C)c1cc(-c2cccc3c2nc(-c2cc(C(C)(C)C)cc(C(C)(C)C)c2O)n3-c2ccc(C(C)(C)C)cc2-c2ccccc2)[c-]c(-c2nc3ccc4oc5cc(-c6ccccc6)ccc5c4c3n2C(C)(C)C)c1.[Pt]. The van der Waals surface area contributed by atoms with Crippen molar-refractivity contribution in [2.24, 2.45) is 0 Å². The van der Waals surface area contributed by atoms with Crippen LogP contribution >= 0.6 is 0 Å². The number of para-hydroxylation sites is 1. The molecule has 0 radical (unpaired) electrons. The number of hydrogen-bond donors (Lipinski definition) is 1. The molecule has 0 saturated heterocycles. The molecule has 0 aliphatic heterocycles. The van der Waals surface area contributed by atoms with E-state index in [1.54, 1.807) is 0 Å². The Morgan fingerprint density at radius 3 is 1.84 bits per heavy atom. The fraction of sp³-hybridized carbons (Fsp3) is 0.275. The standard InChI is InChI=1S/C69H69N4O2.Pt/c1-41(2)45-34-46(36-47(35-45)64-70-55-31-33-58-60(62(55)73(64)69(12,13)14)51-30-28-44(37-59(51)75-58)42-22-17-15-18-23-42)50-26-21-27-57-61(50)71-65(53-39-49(67(6,7)8)40-54(63(53)74)68(9,10)11)72(57)56-32-29-48(66(3,4)5)38-52(56)43-24-19-16-20-25-43;/h15-35,37-41,74H,1-14H3;/q-1;. The first-order chi connectivity index (χ1) is 35.5. The van der Waals surface area contributed by atoms with Crippen LogP contribution < -0.4 is 0 Å². The number of aromatic nitrogens is 4. The van der Waals surface area contributed by atoms with Gasteiger partial charge in [0.05, 0.1) is 44.5 Å². The summed E-state index contributed by atoms with van der Waals surface area (Å²) in [5.74, 6) is 1.96. The Bertz CT molecular complexity index is 4010. The number of benzene rings is 8. The Hall–Kier alpha value is -7.01. The Balaban J connectivity index is 0.00000657. The molecular weight excluding hydrogens is 1110 g/mol. The van der Waals surface area contributed by atoms with E-state index < -0.39 is 0 Å². The third-order valence-corrected chi connectivity index (χ3v) is 15.0. The second kappa shape index (κ2) is 18.9. The zero-order valence-electron chi connectivity index (χ0n) is 46.5. The van der Waals surface area contributed by atoms with E-state index in [1.165, 1.54) is 11.1 Å². The first kappa shape index (κ1) is 52.4. The predicted octanol–water partition coefficient (Wildman–Crippen LogP) is 18.9. The summed E-state index contributed by atoms with van der Waals surface area (Å²) in [7, 11) is 0. The summed E-state index contributed by atoms with van der Waals surface area (Å²) in [6.45, 7) is 31.3. The van der Waals surface area contributed by atoms with Crippen molar-refractivity contribution in [2.45, 2.75) is 125 Å². The smallest absolute Gasteiger partial charge is 0.148 e. The van der Waals surface area contributed by atoms with E-state index in [9.17, 15) is 5.11 Å². The van der Waals surface area contributed by atoms with Crippen LogP contribution in [0.1, 0.15) is 125 Å². The Morgan fingerprint density at radius 1 is 0.539 bits per heavy atom. The van der Waals surface area contributed by atoms with Crippen LogP contribution in [-0.4, -0.2) is 24.2 Å². The number of imidazole rings is 2. The monoisotopic (exact) mass is 1180 g/mol. The van der Waals surface area contributed by atoms with Crippen molar-refractivity contribution in [3.05, 3.63) is 180 Å². The van der Waals surface area contributed by atoms with E-state index in [0.717, 1.165) is 106 Å². The van der Waals surface area contributed by atoms with Crippen molar-refractivity contribution in [1.82, 2.24) is 19.1 Å². The van der Waals surface area contributed by atoms with E-state index >= 15 is 0 Å². The molecule has 11 rings (SSSR count). The maximum absolute atomic E-state index is 12.7. The van der Waals surface area contributed by atoms with Gasteiger partial charge in [0.1, 0.15) is 22.7 Å². The number of nitrogens with zero attached hydrogens (tertiary/aromatic N) is 4. The fourth-order valence-electron chi connectivity index (χ4n) is 10.9. The summed E-state index contributed by atoms with van der Waals surface area (Å²) in [5.41, 5.74) is 17.7. The van der Waals surface area contributed by atoms with Gasteiger partial charge < -0.3 is 14.1 Å². The molecule has 7 heteroatoms. The van der Waals surface area contributed by atoms with Crippen LogP contribution in [0.25, 0.3) is 106 Å². The molecule has 388 valence electrons. The molecular formula is C69H69N4O2Pt-. The summed E-state index contributed by atoms with van der Waals surface area (Å²) in [5, 5.41) is 14.8. The molecule has 11 aromatic rings. The third kappa shape index (κ3) is 9.21. The molecule has 6 nitrogen and oxygen atoms in total. The number of aromatic hydroxyl groups is 1. The first-order valence-corrected chi connectivity index (χ1v) is 26.6. The minimum absolute atomic E-state index is 0. The van der Waals surface area contributed by atoms with Gasteiger partial charge in [0.25, 0.3) is 0 Å². The van der Waals surface area contributed by atoms with Crippen LogP contribution in [0.3, 0.4) is 0 Å². The molecule has 3 heterocycles. The van der Waals surface area contributed by atoms with Crippen molar-refractivity contribution in [3.8, 4) is 67.6 Å². The molecule has 0 spiro atoms.